The summed E-state index contributed by atoms with van der Waals surface area (Å²) < 4.78 is 0. The molecular formula is C21H23N4O3S+. The van der Waals surface area contributed by atoms with Gasteiger partial charge in [-0.05, 0) is 23.6 Å². The molecule has 7 nitrogen and oxygen atoms in total. The van der Waals surface area contributed by atoms with E-state index >= 15 is 0 Å². The third-order valence-corrected chi connectivity index (χ3v) is 5.36. The van der Waals surface area contributed by atoms with E-state index in [4.69, 9.17) is 0 Å². The van der Waals surface area contributed by atoms with E-state index < -0.39 is 4.92 Å². The summed E-state index contributed by atoms with van der Waals surface area (Å²) in [6.07, 6.45) is 0. The number of hydrogen-bond acceptors (Lipinski definition) is 5. The van der Waals surface area contributed by atoms with Gasteiger partial charge in [-0.2, -0.15) is 0 Å². The fraction of sp³-hybridized carbons (Fsp3) is 0.190. The summed E-state index contributed by atoms with van der Waals surface area (Å²) in [6.45, 7) is 1.34. The number of amides is 1. The predicted molar refractivity (Wildman–Crippen MR) is 114 cm³/mol. The van der Waals surface area contributed by atoms with Crippen LogP contribution < -0.4 is 16.0 Å². The number of nitrogens with zero attached hydrogens (tertiary/aromatic N) is 1. The van der Waals surface area contributed by atoms with Gasteiger partial charge in [-0.3, -0.25) is 14.9 Å². The molecule has 0 bridgehead atoms. The highest BCUT2D eigenvalue weighted by Gasteiger charge is 2.19. The van der Waals surface area contributed by atoms with Gasteiger partial charge in [-0.15, -0.1) is 11.3 Å². The Balaban J connectivity index is 1.43. The second-order valence-electron chi connectivity index (χ2n) is 6.42. The maximum atomic E-state index is 12.2. The summed E-state index contributed by atoms with van der Waals surface area (Å²) in [5, 5.41) is 20.8. The third kappa shape index (κ3) is 6.13. The van der Waals surface area contributed by atoms with Gasteiger partial charge < -0.3 is 16.0 Å². The first-order valence-corrected chi connectivity index (χ1v) is 10.2. The summed E-state index contributed by atoms with van der Waals surface area (Å²) in [5.41, 5.74) is 2.00. The fourth-order valence-corrected chi connectivity index (χ4v) is 3.80. The summed E-state index contributed by atoms with van der Waals surface area (Å²) in [6, 6.07) is 20.6. The van der Waals surface area contributed by atoms with Gasteiger partial charge in [0.05, 0.1) is 9.80 Å². The SMILES string of the molecule is O=C(C[NH2+][C@H](c1ccccc1)c1cccs1)NCCNc1ccc([N+](=O)[O-])cc1. The van der Waals surface area contributed by atoms with Crippen molar-refractivity contribution in [2.75, 3.05) is 25.0 Å². The molecule has 0 aliphatic rings. The highest BCUT2D eigenvalue weighted by atomic mass is 32.1. The summed E-state index contributed by atoms with van der Waals surface area (Å²) in [5.74, 6) is -0.0343. The molecule has 150 valence electrons. The van der Waals surface area contributed by atoms with Gasteiger partial charge in [0.2, 0.25) is 0 Å². The van der Waals surface area contributed by atoms with Crippen LogP contribution in [0.15, 0.2) is 72.1 Å². The van der Waals surface area contributed by atoms with Crippen LogP contribution in [0.5, 0.6) is 0 Å². The number of carbonyl (C=O) groups is 1. The molecule has 0 aliphatic heterocycles. The van der Waals surface area contributed by atoms with Gasteiger partial charge in [0.25, 0.3) is 11.6 Å². The number of nitro groups is 1. The molecule has 3 rings (SSSR count). The van der Waals surface area contributed by atoms with E-state index in [2.05, 4.69) is 28.8 Å². The average molecular weight is 412 g/mol. The average Bonchev–Trinajstić information content (AvgIpc) is 3.27. The molecule has 0 radical (unpaired) electrons. The Morgan fingerprint density at radius 1 is 1.03 bits per heavy atom. The van der Waals surface area contributed by atoms with Crippen molar-refractivity contribution >= 4 is 28.6 Å². The molecule has 0 aliphatic carbocycles. The molecule has 0 fully saturated rings. The lowest BCUT2D eigenvalue weighted by atomic mass is 10.1. The third-order valence-electron chi connectivity index (χ3n) is 4.40. The maximum absolute atomic E-state index is 12.2. The molecule has 1 aromatic heterocycles. The van der Waals surface area contributed by atoms with Crippen LogP contribution in [0.25, 0.3) is 0 Å². The summed E-state index contributed by atoms with van der Waals surface area (Å²) >= 11 is 1.68. The zero-order valence-corrected chi connectivity index (χ0v) is 16.6. The molecule has 4 N–H and O–H groups in total. The minimum Gasteiger partial charge on any atom is -0.383 e. The molecule has 1 atom stereocenters. The van der Waals surface area contributed by atoms with Crippen LogP contribution in [0.1, 0.15) is 16.5 Å². The largest absolute Gasteiger partial charge is 0.383 e. The number of nitrogens with one attached hydrogen (secondary N) is 2. The quantitative estimate of drug-likeness (QED) is 0.271. The number of benzene rings is 2. The first-order chi connectivity index (χ1) is 14.1. The number of quaternary nitrogens is 1. The van der Waals surface area contributed by atoms with Crippen molar-refractivity contribution in [1.82, 2.24) is 5.32 Å². The standard InChI is InChI=1S/C21H22N4O3S/c26-20(23-13-12-22-17-8-10-18(11-9-17)25(27)28)15-24-21(19-7-4-14-29-19)16-5-2-1-3-6-16/h1-11,14,21-22,24H,12-13,15H2,(H,23,26)/p+1/t21-/m1/s1. The molecule has 8 heteroatoms. The lowest BCUT2D eigenvalue weighted by Gasteiger charge is -2.15. The Kier molecular flexibility index (Phi) is 7.32. The van der Waals surface area contributed by atoms with Gasteiger partial charge in [0.15, 0.2) is 6.54 Å². The van der Waals surface area contributed by atoms with Crippen molar-refractivity contribution in [2.24, 2.45) is 0 Å². The van der Waals surface area contributed by atoms with Crippen molar-refractivity contribution in [1.29, 1.82) is 0 Å². The Morgan fingerprint density at radius 3 is 2.45 bits per heavy atom. The number of nitrogens with two attached hydrogens (primary N) is 1. The molecule has 3 aromatic rings. The van der Waals surface area contributed by atoms with Gasteiger partial charge in [0.1, 0.15) is 6.04 Å². The van der Waals surface area contributed by atoms with E-state index in [9.17, 15) is 14.9 Å². The predicted octanol–water partition coefficient (Wildman–Crippen LogP) is 2.54. The number of rotatable bonds is 10. The minimum atomic E-state index is -0.431. The number of carbonyl (C=O) groups excluding carboxylic acids is 1. The minimum absolute atomic E-state index is 0.0343. The molecular weight excluding hydrogens is 388 g/mol. The number of hydrogen-bond donors (Lipinski definition) is 3. The van der Waals surface area contributed by atoms with Crippen molar-refractivity contribution in [2.45, 2.75) is 6.04 Å². The zero-order chi connectivity index (χ0) is 20.5. The van der Waals surface area contributed by atoms with Crippen molar-refractivity contribution < 1.29 is 15.0 Å². The van der Waals surface area contributed by atoms with E-state index in [-0.39, 0.29) is 17.6 Å². The van der Waals surface area contributed by atoms with Crippen LogP contribution in [-0.2, 0) is 4.79 Å². The van der Waals surface area contributed by atoms with E-state index in [0.717, 1.165) is 5.69 Å². The smallest absolute Gasteiger partial charge is 0.275 e. The fourth-order valence-electron chi connectivity index (χ4n) is 2.95. The summed E-state index contributed by atoms with van der Waals surface area (Å²) in [4.78, 5) is 23.7. The molecule has 1 amide bonds. The number of nitro benzene ring substituents is 1. The van der Waals surface area contributed by atoms with Crippen molar-refractivity contribution in [3.05, 3.63) is 92.7 Å². The highest BCUT2D eigenvalue weighted by Crippen LogP contribution is 2.22. The maximum Gasteiger partial charge on any atom is 0.275 e. The van der Waals surface area contributed by atoms with Crippen LogP contribution in [0, 0.1) is 10.1 Å². The van der Waals surface area contributed by atoms with Crippen LogP contribution >= 0.6 is 11.3 Å². The Hall–Kier alpha value is -3.23. The van der Waals surface area contributed by atoms with E-state index in [1.807, 2.05) is 35.0 Å². The second-order valence-corrected chi connectivity index (χ2v) is 7.40. The number of thiophene rings is 1. The van der Waals surface area contributed by atoms with Crippen LogP contribution in [0.2, 0.25) is 0 Å². The van der Waals surface area contributed by atoms with Gasteiger partial charge in [-0.25, -0.2) is 0 Å². The van der Waals surface area contributed by atoms with Gasteiger partial charge in [-0.1, -0.05) is 36.4 Å². The van der Waals surface area contributed by atoms with Gasteiger partial charge >= 0.3 is 0 Å². The first-order valence-electron chi connectivity index (χ1n) is 9.30. The van der Waals surface area contributed by atoms with E-state index in [1.165, 1.54) is 22.6 Å². The topological polar surface area (TPSA) is 101 Å². The lowest BCUT2D eigenvalue weighted by molar-refractivity contribution is -0.676. The molecule has 2 aromatic carbocycles. The molecule has 0 spiro atoms. The summed E-state index contributed by atoms with van der Waals surface area (Å²) in [7, 11) is 0. The van der Waals surface area contributed by atoms with Crippen LogP contribution in [-0.4, -0.2) is 30.5 Å². The Labute approximate surface area is 172 Å². The monoisotopic (exact) mass is 411 g/mol. The molecule has 1 heterocycles. The lowest BCUT2D eigenvalue weighted by Crippen LogP contribution is -2.87. The van der Waals surface area contributed by atoms with Crippen LogP contribution in [0.3, 0.4) is 0 Å². The normalized spacial score (nSPS) is 11.6. The van der Waals surface area contributed by atoms with E-state index in [1.54, 1.807) is 23.5 Å². The van der Waals surface area contributed by atoms with Crippen molar-refractivity contribution in [3.8, 4) is 0 Å². The Morgan fingerprint density at radius 2 is 1.79 bits per heavy atom. The molecule has 0 saturated heterocycles. The first kappa shape index (κ1) is 20.5. The Bertz CT molecular complexity index is 915. The number of anilines is 1. The molecule has 0 saturated carbocycles. The van der Waals surface area contributed by atoms with Crippen LogP contribution in [0.4, 0.5) is 11.4 Å². The molecule has 29 heavy (non-hydrogen) atoms. The van der Waals surface area contributed by atoms with Crippen molar-refractivity contribution in [3.63, 3.8) is 0 Å². The second kappa shape index (κ2) is 10.4. The van der Waals surface area contributed by atoms with E-state index in [0.29, 0.717) is 19.6 Å². The molecule has 0 unspecified atom stereocenters. The zero-order valence-electron chi connectivity index (χ0n) is 15.8. The number of non-ortho nitro benzene ring substituents is 1. The van der Waals surface area contributed by atoms with Gasteiger partial charge in [0, 0.05) is 36.5 Å². The highest BCUT2D eigenvalue weighted by molar-refractivity contribution is 7.10.